The molecule has 1 aromatic heterocycles. The molecule has 0 N–H and O–H groups in total. The van der Waals surface area contributed by atoms with Crippen LogP contribution < -0.4 is 4.90 Å². The number of pyridine rings is 1. The summed E-state index contributed by atoms with van der Waals surface area (Å²) in [7, 11) is 0. The summed E-state index contributed by atoms with van der Waals surface area (Å²) in [5.41, 5.74) is 0.701. The third kappa shape index (κ3) is 4.58. The molecule has 2 saturated heterocycles. The number of anilines is 1. The summed E-state index contributed by atoms with van der Waals surface area (Å²) in [5.74, 6) is 1.04. The lowest BCUT2D eigenvalue weighted by Gasteiger charge is -2.35. The molecular weight excluding hydrogens is 342 g/mol. The molecule has 0 unspecified atom stereocenters. The Hall–Kier alpha value is -2.15. The maximum atomic E-state index is 13.1. The maximum absolute atomic E-state index is 13.1. The number of piperazine rings is 1. The van der Waals surface area contributed by atoms with Crippen LogP contribution in [-0.4, -0.2) is 90.4 Å². The predicted octanol–water partition coefficient (Wildman–Crippen LogP) is 1.31. The minimum Gasteiger partial charge on any atom is -0.356 e. The molecule has 3 rings (SSSR count). The maximum Gasteiger partial charge on any atom is 0.257 e. The van der Waals surface area contributed by atoms with Gasteiger partial charge in [0.15, 0.2) is 0 Å². The van der Waals surface area contributed by atoms with Crippen LogP contribution in [0.15, 0.2) is 18.3 Å². The normalized spacial score (nSPS) is 18.0. The van der Waals surface area contributed by atoms with E-state index in [9.17, 15) is 9.59 Å². The summed E-state index contributed by atoms with van der Waals surface area (Å²) >= 11 is 0. The van der Waals surface area contributed by atoms with E-state index in [-0.39, 0.29) is 11.8 Å². The Balaban J connectivity index is 1.58. The predicted molar refractivity (Wildman–Crippen MR) is 106 cm³/mol. The summed E-state index contributed by atoms with van der Waals surface area (Å²) in [6.45, 7) is 10.6. The first kappa shape index (κ1) is 19.6. The van der Waals surface area contributed by atoms with Crippen LogP contribution in [0.3, 0.4) is 0 Å². The van der Waals surface area contributed by atoms with Crippen molar-refractivity contribution in [2.24, 2.45) is 0 Å². The summed E-state index contributed by atoms with van der Waals surface area (Å²) in [4.78, 5) is 38.0. The van der Waals surface area contributed by atoms with E-state index >= 15 is 0 Å². The fourth-order valence-corrected chi connectivity index (χ4v) is 3.89. The lowest BCUT2D eigenvalue weighted by Crippen LogP contribution is -2.51. The molecule has 7 heteroatoms. The number of carbonyl (C=O) groups excluding carboxylic acids is 2. The molecule has 2 aliphatic heterocycles. The minimum atomic E-state index is 0.0553. The van der Waals surface area contributed by atoms with Gasteiger partial charge < -0.3 is 14.7 Å². The summed E-state index contributed by atoms with van der Waals surface area (Å²) in [5, 5.41) is 0. The topological polar surface area (TPSA) is 60.0 Å². The van der Waals surface area contributed by atoms with Crippen molar-refractivity contribution in [2.75, 3.05) is 63.8 Å². The van der Waals surface area contributed by atoms with Gasteiger partial charge >= 0.3 is 0 Å². The molecule has 7 nitrogen and oxygen atoms in total. The molecule has 2 fully saturated rings. The third-order valence-electron chi connectivity index (χ3n) is 5.56. The van der Waals surface area contributed by atoms with E-state index in [0.29, 0.717) is 25.2 Å². The SMILES string of the molecule is CCN(CC)C(=O)CN1CCN(C(=O)c2cccnc2N2CCCC2)CC1. The molecule has 0 saturated carbocycles. The van der Waals surface area contributed by atoms with Gasteiger partial charge in [-0.15, -0.1) is 0 Å². The van der Waals surface area contributed by atoms with Crippen molar-refractivity contribution in [3.63, 3.8) is 0 Å². The van der Waals surface area contributed by atoms with Gasteiger partial charge in [0.2, 0.25) is 5.91 Å². The molecule has 0 aliphatic carbocycles. The number of hydrogen-bond donors (Lipinski definition) is 0. The smallest absolute Gasteiger partial charge is 0.257 e. The molecule has 148 valence electrons. The Bertz CT molecular complexity index is 648. The first-order chi connectivity index (χ1) is 13.1. The van der Waals surface area contributed by atoms with Gasteiger partial charge in [-0.25, -0.2) is 4.98 Å². The van der Waals surface area contributed by atoms with Crippen molar-refractivity contribution in [1.29, 1.82) is 0 Å². The second-order valence-corrected chi connectivity index (χ2v) is 7.20. The molecule has 0 bridgehead atoms. The third-order valence-corrected chi connectivity index (χ3v) is 5.56. The van der Waals surface area contributed by atoms with Gasteiger partial charge in [0.25, 0.3) is 5.91 Å². The molecule has 3 heterocycles. The Morgan fingerprint density at radius 3 is 2.33 bits per heavy atom. The molecule has 2 aliphatic rings. The number of nitrogens with zero attached hydrogens (tertiary/aromatic N) is 5. The number of carbonyl (C=O) groups is 2. The van der Waals surface area contributed by atoms with Crippen molar-refractivity contribution in [1.82, 2.24) is 19.7 Å². The van der Waals surface area contributed by atoms with E-state index in [1.54, 1.807) is 6.20 Å². The fraction of sp³-hybridized carbons (Fsp3) is 0.650. The monoisotopic (exact) mass is 373 g/mol. The number of rotatable bonds is 6. The van der Waals surface area contributed by atoms with Gasteiger partial charge in [-0.05, 0) is 38.8 Å². The zero-order chi connectivity index (χ0) is 19.2. The zero-order valence-electron chi connectivity index (χ0n) is 16.6. The van der Waals surface area contributed by atoms with Gasteiger partial charge in [0, 0.05) is 58.6 Å². The first-order valence-electron chi connectivity index (χ1n) is 10.1. The summed E-state index contributed by atoms with van der Waals surface area (Å²) in [6.07, 6.45) is 4.08. The minimum absolute atomic E-state index is 0.0553. The van der Waals surface area contributed by atoms with E-state index in [0.717, 1.165) is 57.9 Å². The average Bonchev–Trinajstić information content (AvgIpc) is 3.24. The molecule has 0 atom stereocenters. The average molecular weight is 374 g/mol. The molecular formula is C20H31N5O2. The molecule has 2 amide bonds. The van der Waals surface area contributed by atoms with Gasteiger partial charge in [0.1, 0.15) is 5.82 Å². The number of amides is 2. The van der Waals surface area contributed by atoms with Gasteiger partial charge in [0.05, 0.1) is 12.1 Å². The highest BCUT2D eigenvalue weighted by Gasteiger charge is 2.27. The van der Waals surface area contributed by atoms with E-state index in [2.05, 4.69) is 14.8 Å². The number of aromatic nitrogens is 1. The first-order valence-corrected chi connectivity index (χ1v) is 10.1. The van der Waals surface area contributed by atoms with Crippen molar-refractivity contribution in [2.45, 2.75) is 26.7 Å². The van der Waals surface area contributed by atoms with E-state index < -0.39 is 0 Å². The molecule has 0 radical (unpaired) electrons. The van der Waals surface area contributed by atoms with E-state index in [1.165, 1.54) is 0 Å². The Labute approximate surface area is 161 Å². The molecule has 1 aromatic rings. The van der Waals surface area contributed by atoms with Crippen LogP contribution in [0.5, 0.6) is 0 Å². The van der Waals surface area contributed by atoms with Crippen LogP contribution in [0.25, 0.3) is 0 Å². The van der Waals surface area contributed by atoms with Crippen LogP contribution in [0.2, 0.25) is 0 Å². The Morgan fingerprint density at radius 1 is 1.04 bits per heavy atom. The van der Waals surface area contributed by atoms with Crippen LogP contribution in [0.4, 0.5) is 5.82 Å². The molecule has 27 heavy (non-hydrogen) atoms. The standard InChI is InChI=1S/C20H31N5O2/c1-3-23(4-2)18(26)16-22-12-14-25(15-13-22)20(27)17-8-7-9-21-19(17)24-10-5-6-11-24/h7-9H,3-6,10-16H2,1-2H3. The fourth-order valence-electron chi connectivity index (χ4n) is 3.89. The number of hydrogen-bond acceptors (Lipinski definition) is 5. The highest BCUT2D eigenvalue weighted by atomic mass is 16.2. The Kier molecular flexibility index (Phi) is 6.66. The summed E-state index contributed by atoms with van der Waals surface area (Å²) < 4.78 is 0. The highest BCUT2D eigenvalue weighted by Crippen LogP contribution is 2.23. The van der Waals surface area contributed by atoms with Gasteiger partial charge in [-0.1, -0.05) is 0 Å². The van der Waals surface area contributed by atoms with Crippen LogP contribution in [-0.2, 0) is 4.79 Å². The second kappa shape index (κ2) is 9.17. The van der Waals surface area contributed by atoms with Crippen molar-refractivity contribution in [3.8, 4) is 0 Å². The highest BCUT2D eigenvalue weighted by molar-refractivity contribution is 5.99. The van der Waals surface area contributed by atoms with Gasteiger partial charge in [-0.3, -0.25) is 14.5 Å². The second-order valence-electron chi connectivity index (χ2n) is 7.20. The molecule has 0 spiro atoms. The molecule has 0 aromatic carbocycles. The zero-order valence-corrected chi connectivity index (χ0v) is 16.6. The van der Waals surface area contributed by atoms with Crippen LogP contribution in [0.1, 0.15) is 37.0 Å². The van der Waals surface area contributed by atoms with E-state index in [4.69, 9.17) is 0 Å². The lowest BCUT2D eigenvalue weighted by atomic mass is 10.2. The van der Waals surface area contributed by atoms with Crippen molar-refractivity contribution >= 4 is 17.6 Å². The number of likely N-dealkylation sites (N-methyl/N-ethyl adjacent to an activating group) is 1. The van der Waals surface area contributed by atoms with Crippen LogP contribution >= 0.6 is 0 Å². The van der Waals surface area contributed by atoms with Gasteiger partial charge in [-0.2, -0.15) is 0 Å². The van der Waals surface area contributed by atoms with Crippen molar-refractivity contribution < 1.29 is 9.59 Å². The Morgan fingerprint density at radius 2 is 1.70 bits per heavy atom. The van der Waals surface area contributed by atoms with Crippen molar-refractivity contribution in [3.05, 3.63) is 23.9 Å². The largest absolute Gasteiger partial charge is 0.356 e. The quantitative estimate of drug-likeness (QED) is 0.752. The lowest BCUT2D eigenvalue weighted by molar-refractivity contribution is -0.132. The van der Waals surface area contributed by atoms with Crippen LogP contribution in [0, 0.1) is 0 Å². The van der Waals surface area contributed by atoms with E-state index in [1.807, 2.05) is 35.8 Å². The summed E-state index contributed by atoms with van der Waals surface area (Å²) in [6, 6.07) is 3.73.